The number of aromatic nitrogens is 1. The fraction of sp³-hybridized carbons (Fsp3) is 0.556. The summed E-state index contributed by atoms with van der Waals surface area (Å²) in [5, 5.41) is 3.22. The number of nitrogens with two attached hydrogens (primary N) is 1. The lowest BCUT2D eigenvalue weighted by atomic mass is 9.73. The first-order chi connectivity index (χ1) is 18.2. The molecule has 1 saturated heterocycles. The molecule has 0 radical (unpaired) electrons. The smallest absolute Gasteiger partial charge is 0.263 e. The summed E-state index contributed by atoms with van der Waals surface area (Å²) in [6.07, 6.45) is 5.75. The van der Waals surface area contributed by atoms with Gasteiger partial charge in [-0.2, -0.15) is 4.99 Å². The van der Waals surface area contributed by atoms with E-state index in [9.17, 15) is 14.4 Å². The number of carbonyl (C=O) groups excluding carboxylic acids is 3. The van der Waals surface area contributed by atoms with E-state index in [1.807, 2.05) is 32.2 Å². The van der Waals surface area contributed by atoms with Gasteiger partial charge in [0.25, 0.3) is 5.91 Å². The van der Waals surface area contributed by atoms with Gasteiger partial charge in [-0.25, -0.2) is 9.98 Å². The van der Waals surface area contributed by atoms with E-state index in [1.165, 1.54) is 6.92 Å². The lowest BCUT2D eigenvalue weighted by molar-refractivity contribution is -0.128. The molecule has 202 valence electrons. The van der Waals surface area contributed by atoms with E-state index >= 15 is 0 Å². The number of aliphatic imine (C=N–C) groups is 2. The zero-order valence-corrected chi connectivity index (χ0v) is 22.4. The number of anilines is 2. The van der Waals surface area contributed by atoms with Gasteiger partial charge in [0, 0.05) is 32.2 Å². The number of hydrogen-bond acceptors (Lipinski definition) is 9. The minimum absolute atomic E-state index is 0.0447. The number of nitrogens with one attached hydrogen (secondary N) is 1. The van der Waals surface area contributed by atoms with Crippen molar-refractivity contribution in [2.45, 2.75) is 52.5 Å². The van der Waals surface area contributed by atoms with Crippen molar-refractivity contribution in [3.05, 3.63) is 29.5 Å². The molecular weight excluding hydrogens is 484 g/mol. The number of ketones is 1. The summed E-state index contributed by atoms with van der Waals surface area (Å²) in [4.78, 5) is 57.4. The molecule has 4 aliphatic rings. The fourth-order valence-corrected chi connectivity index (χ4v) is 5.95. The second-order valence-corrected chi connectivity index (χ2v) is 10.8. The number of hydrogen-bond donors (Lipinski definition) is 2. The van der Waals surface area contributed by atoms with Gasteiger partial charge in [-0.05, 0) is 51.3 Å². The molecule has 1 aliphatic carbocycles. The summed E-state index contributed by atoms with van der Waals surface area (Å²) in [5.41, 5.74) is 6.71. The molecule has 0 bridgehead atoms. The van der Waals surface area contributed by atoms with Crippen molar-refractivity contribution in [2.24, 2.45) is 21.1 Å². The zero-order valence-electron chi connectivity index (χ0n) is 22.4. The zero-order chi connectivity index (χ0) is 27.0. The normalized spacial score (nSPS) is 24.8. The number of pyridine rings is 1. The van der Waals surface area contributed by atoms with Gasteiger partial charge in [0.2, 0.25) is 11.9 Å². The summed E-state index contributed by atoms with van der Waals surface area (Å²) >= 11 is 0. The largest absolute Gasteiger partial charge is 0.369 e. The number of primary amides is 1. The van der Waals surface area contributed by atoms with Crippen molar-refractivity contribution in [1.29, 1.82) is 0 Å². The summed E-state index contributed by atoms with van der Waals surface area (Å²) < 4.78 is 0. The van der Waals surface area contributed by atoms with E-state index in [1.54, 1.807) is 4.90 Å². The topological polar surface area (TPSA) is 137 Å². The van der Waals surface area contributed by atoms with Gasteiger partial charge in [0.1, 0.15) is 11.7 Å². The van der Waals surface area contributed by atoms with E-state index in [0.29, 0.717) is 24.2 Å². The van der Waals surface area contributed by atoms with Crippen LogP contribution in [0.1, 0.15) is 46.5 Å². The Morgan fingerprint density at radius 1 is 1.16 bits per heavy atom. The quantitative estimate of drug-likeness (QED) is 0.543. The van der Waals surface area contributed by atoms with Gasteiger partial charge in [0.15, 0.2) is 5.78 Å². The Balaban J connectivity index is 1.33. The first-order valence-electron chi connectivity index (χ1n) is 13.4. The molecule has 11 heteroatoms. The fourth-order valence-electron chi connectivity index (χ4n) is 5.95. The first-order valence-corrected chi connectivity index (χ1v) is 13.4. The van der Waals surface area contributed by atoms with Gasteiger partial charge < -0.3 is 16.0 Å². The molecule has 38 heavy (non-hydrogen) atoms. The minimum atomic E-state index is -0.614. The first kappa shape index (κ1) is 26.0. The number of piperazine rings is 1. The lowest BCUT2D eigenvalue weighted by Gasteiger charge is -2.45. The summed E-state index contributed by atoms with van der Waals surface area (Å²) in [6.45, 7) is 9.14. The maximum absolute atomic E-state index is 13.6. The van der Waals surface area contributed by atoms with Crippen LogP contribution in [0.4, 0.5) is 11.5 Å². The molecule has 0 spiro atoms. The number of guanidine groups is 1. The average molecular weight is 521 g/mol. The van der Waals surface area contributed by atoms with Crippen LogP contribution in [0.5, 0.6) is 0 Å². The molecule has 1 aromatic rings. The SMILES string of the molecule is CC(=O)C1=C(C)C2(C)CN=C(Nc3ccc(N4CCN(CC(N)=O)CC4)cn3)N=C2N(C2CCCC2)C1=O. The maximum Gasteiger partial charge on any atom is 0.263 e. The van der Waals surface area contributed by atoms with Crippen LogP contribution in [0.15, 0.2) is 39.5 Å². The average Bonchev–Trinajstić information content (AvgIpc) is 3.41. The number of carbonyl (C=O) groups is 3. The van der Waals surface area contributed by atoms with Crippen LogP contribution in [-0.4, -0.2) is 89.5 Å². The van der Waals surface area contributed by atoms with Gasteiger partial charge in [0.05, 0.1) is 36.0 Å². The van der Waals surface area contributed by atoms with E-state index in [0.717, 1.165) is 63.1 Å². The van der Waals surface area contributed by atoms with Crippen molar-refractivity contribution in [1.82, 2.24) is 14.8 Å². The molecule has 1 aromatic heterocycles. The Labute approximate surface area is 222 Å². The molecule has 2 amide bonds. The van der Waals surface area contributed by atoms with Crippen LogP contribution in [0.25, 0.3) is 0 Å². The number of nitrogens with zero attached hydrogens (tertiary/aromatic N) is 6. The van der Waals surface area contributed by atoms with Crippen molar-refractivity contribution >= 4 is 40.9 Å². The highest BCUT2D eigenvalue weighted by Gasteiger charge is 2.50. The van der Waals surface area contributed by atoms with E-state index in [-0.39, 0.29) is 35.8 Å². The van der Waals surface area contributed by atoms with Crippen LogP contribution in [-0.2, 0) is 14.4 Å². The Morgan fingerprint density at radius 2 is 1.87 bits per heavy atom. The Kier molecular flexibility index (Phi) is 7.04. The van der Waals surface area contributed by atoms with Gasteiger partial charge in [-0.15, -0.1) is 0 Å². The Morgan fingerprint density at radius 3 is 2.47 bits per heavy atom. The molecule has 1 unspecified atom stereocenters. The molecular formula is C27H36N8O3. The highest BCUT2D eigenvalue weighted by atomic mass is 16.2. The molecule has 0 aromatic carbocycles. The minimum Gasteiger partial charge on any atom is -0.369 e. The van der Waals surface area contributed by atoms with Crippen LogP contribution < -0.4 is 16.0 Å². The van der Waals surface area contributed by atoms with E-state index in [2.05, 4.69) is 20.1 Å². The summed E-state index contributed by atoms with van der Waals surface area (Å²) in [6, 6.07) is 3.94. The molecule has 3 aliphatic heterocycles. The second-order valence-electron chi connectivity index (χ2n) is 10.8. The molecule has 4 heterocycles. The monoisotopic (exact) mass is 520 g/mol. The van der Waals surface area contributed by atoms with E-state index < -0.39 is 5.41 Å². The number of Topliss-reactive ketones (excluding diaryl/α,β-unsaturated/α-hetero) is 1. The van der Waals surface area contributed by atoms with Crippen molar-refractivity contribution in [3.8, 4) is 0 Å². The summed E-state index contributed by atoms with van der Waals surface area (Å²) in [7, 11) is 0. The maximum atomic E-state index is 13.6. The number of fused-ring (bicyclic) bond motifs is 1. The molecule has 1 atom stereocenters. The Hall–Kier alpha value is -3.60. The lowest BCUT2D eigenvalue weighted by Crippen LogP contribution is -2.58. The summed E-state index contributed by atoms with van der Waals surface area (Å²) in [5.74, 6) is 0.936. The number of rotatable bonds is 6. The highest BCUT2D eigenvalue weighted by Crippen LogP contribution is 2.42. The number of amides is 2. The molecule has 1 saturated carbocycles. The molecule has 5 rings (SSSR count). The van der Waals surface area contributed by atoms with Crippen LogP contribution in [0.3, 0.4) is 0 Å². The number of amidine groups is 1. The van der Waals surface area contributed by atoms with Crippen molar-refractivity contribution < 1.29 is 14.4 Å². The standard InChI is InChI=1S/C27H36N8O3/c1-17-23(18(2)36)24(38)35(19-6-4-5-7-19)25-27(17,3)16-30-26(32-25)31-22-9-8-20(14-29-22)34-12-10-33(11-13-34)15-21(28)37/h8-9,14,19H,4-7,10-13,15-16H2,1-3H3,(H2,28,37)(H,29,30,31). The van der Waals surface area contributed by atoms with E-state index in [4.69, 9.17) is 15.7 Å². The van der Waals surface area contributed by atoms with Gasteiger partial charge in [-0.1, -0.05) is 12.8 Å². The third-order valence-corrected chi connectivity index (χ3v) is 8.26. The van der Waals surface area contributed by atoms with Crippen LogP contribution in [0.2, 0.25) is 0 Å². The predicted octanol–water partition coefficient (Wildman–Crippen LogP) is 1.57. The molecule has 3 N–H and O–H groups in total. The second kappa shape index (κ2) is 10.3. The van der Waals surface area contributed by atoms with Crippen LogP contribution in [0, 0.1) is 5.41 Å². The highest BCUT2D eigenvalue weighted by molar-refractivity contribution is 6.27. The molecule has 2 fully saturated rings. The van der Waals surface area contributed by atoms with Gasteiger partial charge >= 0.3 is 0 Å². The third kappa shape index (κ3) is 4.82. The third-order valence-electron chi connectivity index (χ3n) is 8.26. The predicted molar refractivity (Wildman–Crippen MR) is 146 cm³/mol. The van der Waals surface area contributed by atoms with Crippen molar-refractivity contribution in [3.63, 3.8) is 0 Å². The Bertz CT molecular complexity index is 1220. The van der Waals surface area contributed by atoms with Crippen LogP contribution >= 0.6 is 0 Å². The van der Waals surface area contributed by atoms with Gasteiger partial charge in [-0.3, -0.25) is 24.2 Å². The van der Waals surface area contributed by atoms with Crippen molar-refractivity contribution in [2.75, 3.05) is 49.5 Å². The molecule has 11 nitrogen and oxygen atoms in total.